The number of unbranched alkanes of at least 4 members (excludes halogenated alkanes) is 1. The maximum Gasteiger partial charge on any atom is 0.274 e. The molecule has 6 heteroatoms. The van der Waals surface area contributed by atoms with Crippen LogP contribution in [-0.4, -0.2) is 34.6 Å². The molecule has 5 nitrogen and oxygen atoms in total. The molecular formula is C16H19FN4O. The number of hydrogen-bond donors (Lipinski definition) is 1. The first kappa shape index (κ1) is 15.9. The highest BCUT2D eigenvalue weighted by Crippen LogP contribution is 2.14. The number of amides is 1. The van der Waals surface area contributed by atoms with Crippen LogP contribution in [0.5, 0.6) is 0 Å². The van der Waals surface area contributed by atoms with Crippen LogP contribution < -0.4 is 5.32 Å². The van der Waals surface area contributed by atoms with Crippen molar-refractivity contribution in [1.29, 1.82) is 0 Å². The summed E-state index contributed by atoms with van der Waals surface area (Å²) >= 11 is 0. The Labute approximate surface area is 129 Å². The van der Waals surface area contributed by atoms with Crippen molar-refractivity contribution in [2.24, 2.45) is 0 Å². The number of aromatic nitrogens is 2. The zero-order valence-corrected chi connectivity index (χ0v) is 12.7. The van der Waals surface area contributed by atoms with E-state index in [-0.39, 0.29) is 11.7 Å². The van der Waals surface area contributed by atoms with E-state index < -0.39 is 0 Å². The summed E-state index contributed by atoms with van der Waals surface area (Å²) in [5.41, 5.74) is 1.01. The van der Waals surface area contributed by atoms with Crippen molar-refractivity contribution < 1.29 is 9.18 Å². The van der Waals surface area contributed by atoms with Gasteiger partial charge in [-0.3, -0.25) is 4.79 Å². The molecular weight excluding hydrogens is 283 g/mol. The van der Waals surface area contributed by atoms with E-state index in [0.29, 0.717) is 23.7 Å². The van der Waals surface area contributed by atoms with Gasteiger partial charge in [0.25, 0.3) is 5.91 Å². The van der Waals surface area contributed by atoms with E-state index in [2.05, 4.69) is 22.4 Å². The Balaban J connectivity index is 2.00. The SMILES string of the molecule is CCCCN(C)C(=O)c1ccc(Nc2ccc(F)cc2)nn1. The normalized spacial score (nSPS) is 10.3. The average Bonchev–Trinajstić information content (AvgIpc) is 2.55. The fourth-order valence-electron chi connectivity index (χ4n) is 1.89. The van der Waals surface area contributed by atoms with Gasteiger partial charge in [0, 0.05) is 19.3 Å². The number of rotatable bonds is 6. The minimum Gasteiger partial charge on any atom is -0.340 e. The van der Waals surface area contributed by atoms with Crippen LogP contribution in [0.3, 0.4) is 0 Å². The third-order valence-electron chi connectivity index (χ3n) is 3.19. The number of benzene rings is 1. The summed E-state index contributed by atoms with van der Waals surface area (Å²) < 4.78 is 12.8. The Morgan fingerprint density at radius 2 is 1.91 bits per heavy atom. The first-order chi connectivity index (χ1) is 10.6. The number of hydrogen-bond acceptors (Lipinski definition) is 4. The van der Waals surface area contributed by atoms with Crippen LogP contribution in [0.2, 0.25) is 0 Å². The van der Waals surface area contributed by atoms with Gasteiger partial charge in [-0.25, -0.2) is 4.39 Å². The minimum atomic E-state index is -0.298. The van der Waals surface area contributed by atoms with E-state index in [1.165, 1.54) is 12.1 Å². The molecule has 0 atom stereocenters. The smallest absolute Gasteiger partial charge is 0.274 e. The molecule has 1 aromatic carbocycles. The summed E-state index contributed by atoms with van der Waals surface area (Å²) in [6.07, 6.45) is 1.99. The van der Waals surface area contributed by atoms with Crippen molar-refractivity contribution in [3.63, 3.8) is 0 Å². The van der Waals surface area contributed by atoms with E-state index in [9.17, 15) is 9.18 Å². The largest absolute Gasteiger partial charge is 0.340 e. The molecule has 1 aromatic heterocycles. The predicted octanol–water partition coefficient (Wildman–Crippen LogP) is 3.23. The van der Waals surface area contributed by atoms with Crippen LogP contribution in [0.4, 0.5) is 15.9 Å². The molecule has 2 rings (SSSR count). The second kappa shape index (κ2) is 7.49. The van der Waals surface area contributed by atoms with Crippen LogP contribution >= 0.6 is 0 Å². The maximum atomic E-state index is 12.8. The van der Waals surface area contributed by atoms with Crippen molar-refractivity contribution >= 4 is 17.4 Å². The summed E-state index contributed by atoms with van der Waals surface area (Å²) in [5.74, 6) is 0.0568. The minimum absolute atomic E-state index is 0.144. The molecule has 1 heterocycles. The van der Waals surface area contributed by atoms with Crippen LogP contribution in [0, 0.1) is 5.82 Å². The van der Waals surface area contributed by atoms with Crippen molar-refractivity contribution in [3.8, 4) is 0 Å². The molecule has 1 amide bonds. The molecule has 0 spiro atoms. The molecule has 0 saturated carbocycles. The van der Waals surface area contributed by atoms with Gasteiger partial charge in [-0.05, 0) is 42.8 Å². The molecule has 0 radical (unpaired) electrons. The van der Waals surface area contributed by atoms with E-state index >= 15 is 0 Å². The topological polar surface area (TPSA) is 58.1 Å². The van der Waals surface area contributed by atoms with Crippen LogP contribution in [0.1, 0.15) is 30.3 Å². The number of nitrogens with one attached hydrogen (secondary N) is 1. The molecule has 0 saturated heterocycles. The average molecular weight is 302 g/mol. The predicted molar refractivity (Wildman–Crippen MR) is 83.6 cm³/mol. The van der Waals surface area contributed by atoms with E-state index in [0.717, 1.165) is 12.8 Å². The fourth-order valence-corrected chi connectivity index (χ4v) is 1.89. The zero-order chi connectivity index (χ0) is 15.9. The highest BCUT2D eigenvalue weighted by Gasteiger charge is 2.13. The number of anilines is 2. The first-order valence-electron chi connectivity index (χ1n) is 7.22. The monoisotopic (exact) mass is 302 g/mol. The van der Waals surface area contributed by atoms with E-state index in [1.54, 1.807) is 36.2 Å². The molecule has 2 aromatic rings. The van der Waals surface area contributed by atoms with Gasteiger partial charge in [0.2, 0.25) is 0 Å². The highest BCUT2D eigenvalue weighted by molar-refractivity contribution is 5.92. The van der Waals surface area contributed by atoms with Gasteiger partial charge in [-0.15, -0.1) is 10.2 Å². The lowest BCUT2D eigenvalue weighted by molar-refractivity contribution is 0.0786. The Bertz CT molecular complexity index is 613. The maximum absolute atomic E-state index is 12.8. The lowest BCUT2D eigenvalue weighted by atomic mass is 10.3. The van der Waals surface area contributed by atoms with Crippen molar-refractivity contribution in [2.75, 3.05) is 18.9 Å². The molecule has 0 bridgehead atoms. The number of carbonyl (C=O) groups is 1. The number of halogens is 1. The molecule has 1 N–H and O–H groups in total. The molecule has 0 unspecified atom stereocenters. The van der Waals surface area contributed by atoms with Crippen LogP contribution in [0.15, 0.2) is 36.4 Å². The van der Waals surface area contributed by atoms with Crippen LogP contribution in [-0.2, 0) is 0 Å². The Morgan fingerprint density at radius 3 is 2.50 bits per heavy atom. The third-order valence-corrected chi connectivity index (χ3v) is 3.19. The molecule has 0 aliphatic rings. The molecule has 0 fully saturated rings. The number of nitrogens with zero attached hydrogens (tertiary/aromatic N) is 3. The fraction of sp³-hybridized carbons (Fsp3) is 0.312. The lowest BCUT2D eigenvalue weighted by Crippen LogP contribution is -2.28. The quantitative estimate of drug-likeness (QED) is 0.890. The summed E-state index contributed by atoms with van der Waals surface area (Å²) in [7, 11) is 1.75. The van der Waals surface area contributed by atoms with Gasteiger partial charge in [-0.2, -0.15) is 0 Å². The van der Waals surface area contributed by atoms with Crippen molar-refractivity contribution in [1.82, 2.24) is 15.1 Å². The van der Waals surface area contributed by atoms with Gasteiger partial charge in [0.05, 0.1) is 0 Å². The van der Waals surface area contributed by atoms with Crippen molar-refractivity contribution in [2.45, 2.75) is 19.8 Å². The van der Waals surface area contributed by atoms with Gasteiger partial charge < -0.3 is 10.2 Å². The molecule has 116 valence electrons. The second-order valence-corrected chi connectivity index (χ2v) is 5.02. The van der Waals surface area contributed by atoms with E-state index in [4.69, 9.17) is 0 Å². The summed E-state index contributed by atoms with van der Waals surface area (Å²) in [6, 6.07) is 9.23. The summed E-state index contributed by atoms with van der Waals surface area (Å²) in [6.45, 7) is 2.78. The Kier molecular flexibility index (Phi) is 5.41. The molecule has 0 aliphatic carbocycles. The Morgan fingerprint density at radius 1 is 1.18 bits per heavy atom. The second-order valence-electron chi connectivity index (χ2n) is 5.02. The van der Waals surface area contributed by atoms with Gasteiger partial charge in [0.1, 0.15) is 5.82 Å². The van der Waals surface area contributed by atoms with Gasteiger partial charge in [-0.1, -0.05) is 13.3 Å². The van der Waals surface area contributed by atoms with Crippen LogP contribution in [0.25, 0.3) is 0 Å². The highest BCUT2D eigenvalue weighted by atomic mass is 19.1. The first-order valence-corrected chi connectivity index (χ1v) is 7.22. The molecule has 0 aliphatic heterocycles. The molecule has 22 heavy (non-hydrogen) atoms. The zero-order valence-electron chi connectivity index (χ0n) is 12.7. The summed E-state index contributed by atoms with van der Waals surface area (Å²) in [4.78, 5) is 13.8. The van der Waals surface area contributed by atoms with Gasteiger partial charge in [0.15, 0.2) is 11.5 Å². The third kappa shape index (κ3) is 4.25. The van der Waals surface area contributed by atoms with E-state index in [1.807, 2.05) is 0 Å². The number of carbonyl (C=O) groups excluding carboxylic acids is 1. The van der Waals surface area contributed by atoms with Crippen molar-refractivity contribution in [3.05, 3.63) is 47.9 Å². The lowest BCUT2D eigenvalue weighted by Gasteiger charge is -2.15. The standard InChI is InChI=1S/C16H19FN4O/c1-3-4-11-21(2)16(22)14-9-10-15(20-19-14)18-13-7-5-12(17)6-8-13/h5-10H,3-4,11H2,1-2H3,(H,18,20). The Hall–Kier alpha value is -2.50. The van der Waals surface area contributed by atoms with Gasteiger partial charge >= 0.3 is 0 Å². The summed E-state index contributed by atoms with van der Waals surface area (Å²) in [5, 5.41) is 10.9.